The minimum absolute atomic E-state index is 0.0383. The van der Waals surface area contributed by atoms with Gasteiger partial charge in [0.15, 0.2) is 0 Å². The van der Waals surface area contributed by atoms with Gasteiger partial charge in [0.1, 0.15) is 12.6 Å². The molecule has 238 valence electrons. The van der Waals surface area contributed by atoms with Gasteiger partial charge in [-0.25, -0.2) is 8.42 Å². The SMILES string of the molecule is CC(C(=O)NC1CCCC1)N(Cc1ccc(Cl)cc1Cl)C(=O)CN(c1ccc(C23CC4CC(CC(C4)C2)C3)cc1)S(C)(=O)=O. The maximum atomic E-state index is 14.0. The van der Waals surface area contributed by atoms with Gasteiger partial charge in [-0.3, -0.25) is 13.9 Å². The molecule has 7 rings (SSSR count). The van der Waals surface area contributed by atoms with Crippen LogP contribution >= 0.6 is 23.2 Å². The third-order valence-electron chi connectivity index (χ3n) is 10.7. The van der Waals surface area contributed by atoms with Gasteiger partial charge in [0.05, 0.1) is 11.9 Å². The first kappa shape index (κ1) is 31.7. The van der Waals surface area contributed by atoms with Crippen LogP contribution in [0, 0.1) is 17.8 Å². The van der Waals surface area contributed by atoms with Crippen LogP contribution in [0.25, 0.3) is 0 Å². The molecule has 44 heavy (non-hydrogen) atoms. The van der Waals surface area contributed by atoms with Crippen LogP contribution in [-0.4, -0.2) is 50.0 Å². The summed E-state index contributed by atoms with van der Waals surface area (Å²) in [6.07, 6.45) is 12.8. The van der Waals surface area contributed by atoms with Crippen LogP contribution in [-0.2, 0) is 31.6 Å². The summed E-state index contributed by atoms with van der Waals surface area (Å²) in [5, 5.41) is 3.92. The van der Waals surface area contributed by atoms with E-state index in [1.54, 1.807) is 25.1 Å². The molecule has 0 spiro atoms. The van der Waals surface area contributed by atoms with Crippen molar-refractivity contribution in [3.8, 4) is 0 Å². The van der Waals surface area contributed by atoms with Gasteiger partial charge in [0.2, 0.25) is 21.8 Å². The second kappa shape index (κ2) is 12.5. The predicted octanol–water partition coefficient (Wildman–Crippen LogP) is 6.70. The number of halogens is 2. The largest absolute Gasteiger partial charge is 0.352 e. The Morgan fingerprint density at radius 3 is 2.09 bits per heavy atom. The Kier molecular flexibility index (Phi) is 8.99. The zero-order valence-corrected chi connectivity index (χ0v) is 27.9. The molecule has 2 aromatic carbocycles. The number of anilines is 1. The van der Waals surface area contributed by atoms with Gasteiger partial charge in [-0.05, 0) is 117 Å². The Labute approximate surface area is 271 Å². The predicted molar refractivity (Wildman–Crippen MR) is 175 cm³/mol. The van der Waals surface area contributed by atoms with Crippen LogP contribution in [0.5, 0.6) is 0 Å². The standard InChI is InChI=1S/C34H43Cl2N3O4S/c1-22(33(41)37-29-5-3-4-6-29)38(20-26-7-10-28(35)16-31(26)36)32(40)21-39(44(2,42)43)30-11-8-27(9-12-30)34-17-23-13-24(18-34)15-25(14-23)19-34/h7-12,16,22-25,29H,3-6,13-15,17-21H2,1-2H3,(H,37,41). The van der Waals surface area contributed by atoms with Crippen LogP contribution < -0.4 is 9.62 Å². The average molecular weight is 661 g/mol. The quantitative estimate of drug-likeness (QED) is 0.307. The first-order valence-corrected chi connectivity index (χ1v) is 18.6. The first-order chi connectivity index (χ1) is 20.9. The van der Waals surface area contributed by atoms with Gasteiger partial charge >= 0.3 is 0 Å². The van der Waals surface area contributed by atoms with E-state index >= 15 is 0 Å². The zero-order valence-electron chi connectivity index (χ0n) is 25.6. The molecule has 0 aliphatic heterocycles. The molecule has 0 aromatic heterocycles. The number of nitrogens with zero attached hydrogens (tertiary/aromatic N) is 2. The smallest absolute Gasteiger partial charge is 0.244 e. The van der Waals surface area contributed by atoms with Crippen LogP contribution in [0.1, 0.15) is 82.3 Å². The van der Waals surface area contributed by atoms with E-state index in [-0.39, 0.29) is 23.9 Å². The zero-order chi connectivity index (χ0) is 31.2. The Hall–Kier alpha value is -2.29. The molecular weight excluding hydrogens is 617 g/mol. The highest BCUT2D eigenvalue weighted by molar-refractivity contribution is 7.92. The maximum Gasteiger partial charge on any atom is 0.244 e. The lowest BCUT2D eigenvalue weighted by atomic mass is 9.48. The molecule has 0 heterocycles. The topological polar surface area (TPSA) is 86.8 Å². The fourth-order valence-electron chi connectivity index (χ4n) is 8.87. The van der Waals surface area contributed by atoms with Gasteiger partial charge < -0.3 is 10.2 Å². The minimum atomic E-state index is -3.81. The molecule has 1 N–H and O–H groups in total. The highest BCUT2D eigenvalue weighted by Crippen LogP contribution is 2.60. The molecule has 5 aliphatic carbocycles. The van der Waals surface area contributed by atoms with E-state index < -0.39 is 28.5 Å². The lowest BCUT2D eigenvalue weighted by Crippen LogP contribution is -2.52. The van der Waals surface area contributed by atoms with E-state index in [9.17, 15) is 18.0 Å². The van der Waals surface area contributed by atoms with Crippen LogP contribution in [0.4, 0.5) is 5.69 Å². The Morgan fingerprint density at radius 1 is 0.955 bits per heavy atom. The molecular formula is C34H43Cl2N3O4S. The van der Waals surface area contributed by atoms with Crippen molar-refractivity contribution in [3.63, 3.8) is 0 Å². The summed E-state index contributed by atoms with van der Waals surface area (Å²) >= 11 is 12.6. The number of sulfonamides is 1. The normalized spacial score (nSPS) is 26.9. The Bertz CT molecular complexity index is 1470. The molecule has 2 aromatic rings. The highest BCUT2D eigenvalue weighted by Gasteiger charge is 2.51. The van der Waals surface area contributed by atoms with Crippen LogP contribution in [0.15, 0.2) is 42.5 Å². The van der Waals surface area contributed by atoms with E-state index in [0.29, 0.717) is 21.3 Å². The third-order valence-corrected chi connectivity index (χ3v) is 12.4. The second-order valence-corrected chi connectivity index (χ2v) is 16.7. The number of carbonyl (C=O) groups is 2. The molecule has 7 nitrogen and oxygen atoms in total. The van der Waals surface area contributed by atoms with E-state index in [0.717, 1.165) is 54.0 Å². The molecule has 0 saturated heterocycles. The van der Waals surface area contributed by atoms with Crippen molar-refractivity contribution in [2.24, 2.45) is 17.8 Å². The fourth-order valence-corrected chi connectivity index (χ4v) is 10.2. The van der Waals surface area contributed by atoms with Crippen molar-refractivity contribution in [3.05, 3.63) is 63.6 Å². The summed E-state index contributed by atoms with van der Waals surface area (Å²) in [7, 11) is -3.81. The summed E-state index contributed by atoms with van der Waals surface area (Å²) in [6.45, 7) is 1.29. The average Bonchev–Trinajstić information content (AvgIpc) is 3.47. The van der Waals surface area contributed by atoms with E-state index in [2.05, 4.69) is 17.4 Å². The number of nitrogens with one attached hydrogen (secondary N) is 1. The molecule has 5 aliphatic rings. The van der Waals surface area contributed by atoms with Crippen molar-refractivity contribution in [1.29, 1.82) is 0 Å². The van der Waals surface area contributed by atoms with Crippen molar-refractivity contribution < 1.29 is 18.0 Å². The van der Waals surface area contributed by atoms with Gasteiger partial charge in [0, 0.05) is 22.6 Å². The maximum absolute atomic E-state index is 14.0. The summed E-state index contributed by atoms with van der Waals surface area (Å²) in [5.41, 5.74) is 2.55. The monoisotopic (exact) mass is 659 g/mol. The molecule has 0 radical (unpaired) electrons. The molecule has 1 atom stereocenters. The van der Waals surface area contributed by atoms with E-state index in [4.69, 9.17) is 23.2 Å². The summed E-state index contributed by atoms with van der Waals surface area (Å²) < 4.78 is 27.4. The number of benzene rings is 2. The van der Waals surface area contributed by atoms with Crippen molar-refractivity contribution >= 4 is 50.7 Å². The molecule has 5 fully saturated rings. The fraction of sp³-hybridized carbons (Fsp3) is 0.588. The number of hydrogen-bond acceptors (Lipinski definition) is 4. The van der Waals surface area contributed by atoms with Gasteiger partial charge in [-0.2, -0.15) is 0 Å². The Morgan fingerprint density at radius 2 is 1.55 bits per heavy atom. The lowest BCUT2D eigenvalue weighted by molar-refractivity contribution is -0.139. The van der Waals surface area contributed by atoms with Crippen LogP contribution in [0.3, 0.4) is 0 Å². The summed E-state index contributed by atoms with van der Waals surface area (Å²) in [5.74, 6) is 1.67. The molecule has 1 unspecified atom stereocenters. The second-order valence-electron chi connectivity index (χ2n) is 13.9. The number of carbonyl (C=O) groups excluding carboxylic acids is 2. The highest BCUT2D eigenvalue weighted by atomic mass is 35.5. The van der Waals surface area contributed by atoms with E-state index in [1.165, 1.54) is 49.0 Å². The van der Waals surface area contributed by atoms with Crippen LogP contribution in [0.2, 0.25) is 10.0 Å². The lowest BCUT2D eigenvalue weighted by Gasteiger charge is -2.57. The Balaban J connectivity index is 1.24. The van der Waals surface area contributed by atoms with Gasteiger partial charge in [-0.1, -0.05) is 54.2 Å². The van der Waals surface area contributed by atoms with E-state index in [1.807, 2.05) is 12.1 Å². The number of amides is 2. The summed E-state index contributed by atoms with van der Waals surface area (Å²) in [6, 6.07) is 12.1. The van der Waals surface area contributed by atoms with Gasteiger partial charge in [0.25, 0.3) is 0 Å². The third kappa shape index (κ3) is 6.63. The molecule has 2 amide bonds. The van der Waals surface area contributed by atoms with Crippen molar-refractivity contribution in [2.75, 3.05) is 17.1 Å². The van der Waals surface area contributed by atoms with Crippen molar-refractivity contribution in [1.82, 2.24) is 10.2 Å². The summed E-state index contributed by atoms with van der Waals surface area (Å²) in [4.78, 5) is 28.8. The first-order valence-electron chi connectivity index (χ1n) is 16.0. The number of hydrogen-bond donors (Lipinski definition) is 1. The minimum Gasteiger partial charge on any atom is -0.352 e. The molecule has 5 saturated carbocycles. The van der Waals surface area contributed by atoms with Crippen molar-refractivity contribution in [2.45, 2.75) is 95.2 Å². The van der Waals surface area contributed by atoms with Gasteiger partial charge in [-0.15, -0.1) is 0 Å². The molecule has 10 heteroatoms. The molecule has 4 bridgehead atoms. The number of rotatable bonds is 10.